The van der Waals surface area contributed by atoms with Gasteiger partial charge in [0.1, 0.15) is 0 Å². The minimum absolute atomic E-state index is 0.0625. The highest BCUT2D eigenvalue weighted by Gasteiger charge is 2.30. The van der Waals surface area contributed by atoms with E-state index in [4.69, 9.17) is 5.73 Å². The van der Waals surface area contributed by atoms with Gasteiger partial charge in [0, 0.05) is 5.54 Å². The zero-order valence-corrected chi connectivity index (χ0v) is 10.3. The quantitative estimate of drug-likeness (QED) is 0.823. The lowest BCUT2D eigenvalue weighted by atomic mass is 9.73. The summed E-state index contributed by atoms with van der Waals surface area (Å²) >= 11 is 0. The zero-order chi connectivity index (χ0) is 11.4. The molecule has 1 aromatic rings. The summed E-state index contributed by atoms with van der Waals surface area (Å²) in [7, 11) is 0. The minimum Gasteiger partial charge on any atom is -0.325 e. The largest absolute Gasteiger partial charge is 0.325 e. The lowest BCUT2D eigenvalue weighted by Gasteiger charge is -2.37. The van der Waals surface area contributed by atoms with Gasteiger partial charge in [0.15, 0.2) is 0 Å². The Morgan fingerprint density at radius 2 is 1.81 bits per heavy atom. The van der Waals surface area contributed by atoms with Crippen LogP contribution in [-0.4, -0.2) is 5.54 Å². The van der Waals surface area contributed by atoms with E-state index in [0.29, 0.717) is 0 Å². The van der Waals surface area contributed by atoms with E-state index in [1.807, 2.05) is 0 Å². The molecule has 2 rings (SSSR count). The van der Waals surface area contributed by atoms with Crippen LogP contribution in [0.25, 0.3) is 0 Å². The summed E-state index contributed by atoms with van der Waals surface area (Å²) < 4.78 is 0. The van der Waals surface area contributed by atoms with E-state index >= 15 is 0 Å². The van der Waals surface area contributed by atoms with Crippen molar-refractivity contribution in [2.45, 2.75) is 51.0 Å². The molecule has 1 aliphatic rings. The molecule has 0 amide bonds. The third-order valence-corrected chi connectivity index (χ3v) is 4.08. The van der Waals surface area contributed by atoms with Crippen LogP contribution < -0.4 is 5.73 Å². The molecule has 1 aromatic carbocycles. The van der Waals surface area contributed by atoms with Gasteiger partial charge in [-0.3, -0.25) is 0 Å². The van der Waals surface area contributed by atoms with Crippen molar-refractivity contribution in [3.8, 4) is 0 Å². The van der Waals surface area contributed by atoms with Gasteiger partial charge in [0.2, 0.25) is 0 Å². The predicted molar refractivity (Wildman–Crippen MR) is 69.3 cm³/mol. The molecule has 1 nitrogen and oxygen atoms in total. The number of hydrogen-bond donors (Lipinski definition) is 1. The molecule has 16 heavy (non-hydrogen) atoms. The van der Waals surface area contributed by atoms with Gasteiger partial charge in [0.05, 0.1) is 0 Å². The maximum Gasteiger partial charge on any atom is 0.0195 e. The number of hydrogen-bond acceptors (Lipinski definition) is 1. The van der Waals surface area contributed by atoms with Crippen LogP contribution in [0.15, 0.2) is 30.3 Å². The summed E-state index contributed by atoms with van der Waals surface area (Å²) in [6, 6.07) is 10.7. The van der Waals surface area contributed by atoms with Gasteiger partial charge in [0.25, 0.3) is 0 Å². The first-order valence-electron chi connectivity index (χ1n) is 6.55. The van der Waals surface area contributed by atoms with Crippen LogP contribution in [0.1, 0.15) is 44.6 Å². The monoisotopic (exact) mass is 217 g/mol. The van der Waals surface area contributed by atoms with Gasteiger partial charge in [-0.15, -0.1) is 0 Å². The first kappa shape index (κ1) is 11.7. The normalized spacial score (nSPS) is 30.2. The van der Waals surface area contributed by atoms with Crippen molar-refractivity contribution in [2.75, 3.05) is 0 Å². The maximum atomic E-state index is 6.51. The summed E-state index contributed by atoms with van der Waals surface area (Å²) in [5.41, 5.74) is 7.96. The van der Waals surface area contributed by atoms with Crippen molar-refractivity contribution < 1.29 is 0 Å². The van der Waals surface area contributed by atoms with E-state index in [1.54, 1.807) is 0 Å². The Labute approximate surface area is 99.0 Å². The van der Waals surface area contributed by atoms with Crippen molar-refractivity contribution in [3.05, 3.63) is 35.9 Å². The van der Waals surface area contributed by atoms with Crippen LogP contribution in [-0.2, 0) is 6.42 Å². The highest BCUT2D eigenvalue weighted by atomic mass is 14.7. The Bertz CT molecular complexity index is 309. The van der Waals surface area contributed by atoms with E-state index in [1.165, 1.54) is 37.7 Å². The Kier molecular flexibility index (Phi) is 3.65. The Morgan fingerprint density at radius 3 is 2.38 bits per heavy atom. The van der Waals surface area contributed by atoms with Crippen LogP contribution >= 0.6 is 0 Å². The molecule has 0 unspecified atom stereocenters. The van der Waals surface area contributed by atoms with E-state index in [2.05, 4.69) is 37.3 Å². The molecule has 1 aliphatic carbocycles. The van der Waals surface area contributed by atoms with E-state index in [9.17, 15) is 0 Å². The number of benzene rings is 1. The summed E-state index contributed by atoms with van der Waals surface area (Å²) in [5.74, 6) is 0.924. The lowest BCUT2D eigenvalue weighted by molar-refractivity contribution is 0.228. The average molecular weight is 217 g/mol. The SMILES string of the molecule is CCC1CCC(N)(Cc2ccccc2)CC1. The fourth-order valence-corrected chi connectivity index (χ4v) is 2.84. The summed E-state index contributed by atoms with van der Waals surface area (Å²) in [5, 5.41) is 0. The van der Waals surface area contributed by atoms with Crippen LogP contribution in [0.4, 0.5) is 0 Å². The molecule has 0 aromatic heterocycles. The molecule has 0 saturated heterocycles. The number of nitrogens with two attached hydrogens (primary N) is 1. The van der Waals surface area contributed by atoms with E-state index in [0.717, 1.165) is 12.3 Å². The Hall–Kier alpha value is -0.820. The van der Waals surface area contributed by atoms with Gasteiger partial charge < -0.3 is 5.73 Å². The molecule has 0 heterocycles. The number of rotatable bonds is 3. The van der Waals surface area contributed by atoms with Crippen LogP contribution in [0.5, 0.6) is 0 Å². The topological polar surface area (TPSA) is 26.0 Å². The Balaban J connectivity index is 1.95. The fourth-order valence-electron chi connectivity index (χ4n) is 2.84. The molecule has 0 atom stereocenters. The van der Waals surface area contributed by atoms with Crippen molar-refractivity contribution in [3.63, 3.8) is 0 Å². The van der Waals surface area contributed by atoms with Crippen LogP contribution in [0.3, 0.4) is 0 Å². The van der Waals surface area contributed by atoms with Gasteiger partial charge in [-0.05, 0) is 43.6 Å². The summed E-state index contributed by atoms with van der Waals surface area (Å²) in [6.07, 6.45) is 7.40. The van der Waals surface area contributed by atoms with Crippen LogP contribution in [0, 0.1) is 5.92 Å². The van der Waals surface area contributed by atoms with Crippen LogP contribution in [0.2, 0.25) is 0 Å². The van der Waals surface area contributed by atoms with Crippen molar-refractivity contribution in [2.24, 2.45) is 11.7 Å². The summed E-state index contributed by atoms with van der Waals surface area (Å²) in [6.45, 7) is 2.30. The molecule has 1 fully saturated rings. The zero-order valence-electron chi connectivity index (χ0n) is 10.3. The third-order valence-electron chi connectivity index (χ3n) is 4.08. The van der Waals surface area contributed by atoms with Gasteiger partial charge in [-0.1, -0.05) is 43.7 Å². The second-order valence-corrected chi connectivity index (χ2v) is 5.38. The molecule has 0 radical (unpaired) electrons. The molecular formula is C15H23N. The van der Waals surface area contributed by atoms with E-state index in [-0.39, 0.29) is 5.54 Å². The van der Waals surface area contributed by atoms with E-state index < -0.39 is 0 Å². The molecule has 1 saturated carbocycles. The lowest BCUT2D eigenvalue weighted by Crippen LogP contribution is -2.45. The van der Waals surface area contributed by atoms with Crippen molar-refractivity contribution in [1.29, 1.82) is 0 Å². The predicted octanol–water partition coefficient (Wildman–Crippen LogP) is 3.53. The molecule has 2 N–H and O–H groups in total. The van der Waals surface area contributed by atoms with Gasteiger partial charge >= 0.3 is 0 Å². The standard InChI is InChI=1S/C15H23N/c1-2-13-8-10-15(16,11-9-13)12-14-6-4-3-5-7-14/h3-7,13H,2,8-12,16H2,1H3. The maximum absolute atomic E-state index is 6.51. The van der Waals surface area contributed by atoms with Gasteiger partial charge in [-0.2, -0.15) is 0 Å². The highest BCUT2D eigenvalue weighted by Crippen LogP contribution is 2.34. The first-order chi connectivity index (χ1) is 7.72. The van der Waals surface area contributed by atoms with Crippen molar-refractivity contribution in [1.82, 2.24) is 0 Å². The molecule has 0 spiro atoms. The molecule has 0 bridgehead atoms. The Morgan fingerprint density at radius 1 is 1.19 bits per heavy atom. The molecule has 1 heteroatoms. The molecule has 88 valence electrons. The van der Waals surface area contributed by atoms with Crippen molar-refractivity contribution >= 4 is 0 Å². The summed E-state index contributed by atoms with van der Waals surface area (Å²) in [4.78, 5) is 0. The second-order valence-electron chi connectivity index (χ2n) is 5.38. The fraction of sp³-hybridized carbons (Fsp3) is 0.600. The highest BCUT2D eigenvalue weighted by molar-refractivity contribution is 5.18. The molecule has 0 aliphatic heterocycles. The smallest absolute Gasteiger partial charge is 0.0195 e. The third kappa shape index (κ3) is 2.85. The molecular weight excluding hydrogens is 194 g/mol. The minimum atomic E-state index is 0.0625. The second kappa shape index (κ2) is 5.01. The first-order valence-corrected chi connectivity index (χ1v) is 6.55. The average Bonchev–Trinajstić information content (AvgIpc) is 2.31. The van der Waals surface area contributed by atoms with Gasteiger partial charge in [-0.25, -0.2) is 0 Å².